The van der Waals surface area contributed by atoms with Crippen LogP contribution in [0.1, 0.15) is 10.4 Å². The van der Waals surface area contributed by atoms with Gasteiger partial charge in [-0.1, -0.05) is 31.4 Å². The zero-order valence-electron chi connectivity index (χ0n) is 6.62. The van der Waals surface area contributed by atoms with E-state index in [4.69, 9.17) is 0 Å². The Kier molecular flexibility index (Phi) is 5.07. The first-order chi connectivity index (χ1) is 5.72. The minimum Gasteiger partial charge on any atom is -0.242 e. The third-order valence-electron chi connectivity index (χ3n) is 1.01. The average molecular weight is 161 g/mol. The number of carbonyl (C=O) groups is 1. The quantitative estimate of drug-likeness (QED) is 0.582. The maximum atomic E-state index is 10.1. The van der Waals surface area contributed by atoms with Gasteiger partial charge in [0.2, 0.25) is 0 Å². The number of rotatable bonds is 1. The summed E-state index contributed by atoms with van der Waals surface area (Å²) < 4.78 is 0. The Morgan fingerprint density at radius 2 is 1.58 bits per heavy atom. The molecule has 0 fully saturated rings. The summed E-state index contributed by atoms with van der Waals surface area (Å²) in [5.74, 6) is -1.13. The first-order valence-electron chi connectivity index (χ1n) is 3.28. The van der Waals surface area contributed by atoms with E-state index in [0.717, 1.165) is 0 Å². The van der Waals surface area contributed by atoms with Crippen LogP contribution in [0.25, 0.3) is 0 Å². The summed E-state index contributed by atoms with van der Waals surface area (Å²) >= 11 is 0. The van der Waals surface area contributed by atoms with Crippen molar-refractivity contribution in [2.45, 2.75) is 0 Å². The van der Waals surface area contributed by atoms with Crippen LogP contribution in [-0.4, -0.2) is 5.97 Å². The molecule has 0 aliphatic carbocycles. The highest BCUT2D eigenvalue weighted by Crippen LogP contribution is 1.96. The molecule has 0 spiro atoms. The summed E-state index contributed by atoms with van der Waals surface area (Å²) in [6.07, 6.45) is 0. The van der Waals surface area contributed by atoms with Crippen molar-refractivity contribution < 1.29 is 9.90 Å². The molecule has 0 aliphatic rings. The van der Waals surface area contributed by atoms with Crippen LogP contribution < -0.4 is 0 Å². The number of benzene rings is 1. The summed E-state index contributed by atoms with van der Waals surface area (Å²) in [6.45, 7) is 6.25. The lowest BCUT2D eigenvalue weighted by molar-refractivity contribution is 0.0573. The van der Waals surface area contributed by atoms with Gasteiger partial charge in [0.25, 0.3) is 0 Å². The number of carbonyl (C=O) groups excluding carboxylic acids is 1. The van der Waals surface area contributed by atoms with Crippen LogP contribution in [0.15, 0.2) is 49.2 Å². The molecular weight excluding hydrogens is 152 g/mol. The molecule has 0 bridgehead atoms. The first-order valence-corrected chi connectivity index (χ1v) is 3.28. The maximum absolute atomic E-state index is 10.1. The predicted molar refractivity (Wildman–Crippen MR) is 46.2 cm³/mol. The minimum atomic E-state index is -1.13. The summed E-state index contributed by atoms with van der Waals surface area (Å²) in [7, 11) is 0. The van der Waals surface area contributed by atoms with Gasteiger partial charge in [-0.05, 0) is 12.1 Å². The molecule has 1 rings (SSSR count). The lowest BCUT2D eigenvalue weighted by atomic mass is 10.2. The van der Waals surface area contributed by atoms with Crippen molar-refractivity contribution in [1.29, 1.82) is 0 Å². The van der Waals surface area contributed by atoms with Gasteiger partial charge in [0.05, 0.1) is 5.56 Å². The molecular formula is C10H9O2. The zero-order valence-corrected chi connectivity index (χ0v) is 6.62. The summed E-state index contributed by atoms with van der Waals surface area (Å²) in [5.41, 5.74) is 2.47. The minimum absolute atomic E-state index is 0.220. The van der Waals surface area contributed by atoms with E-state index in [9.17, 15) is 9.90 Å². The molecule has 1 aromatic rings. The van der Waals surface area contributed by atoms with Crippen LogP contribution in [0.2, 0.25) is 0 Å². The number of hydrogen-bond acceptors (Lipinski definition) is 1. The molecule has 0 aliphatic heterocycles. The Morgan fingerprint density at radius 1 is 1.17 bits per heavy atom. The normalized spacial score (nSPS) is 7.33. The molecule has 2 heteroatoms. The monoisotopic (exact) mass is 161 g/mol. The molecule has 0 N–H and O–H groups in total. The Labute approximate surface area is 71.5 Å². The van der Waals surface area contributed by atoms with Gasteiger partial charge < -0.3 is 0 Å². The van der Waals surface area contributed by atoms with Gasteiger partial charge in [0, 0.05) is 0 Å². The molecule has 2 nitrogen and oxygen atoms in total. The van der Waals surface area contributed by atoms with E-state index in [1.54, 1.807) is 18.2 Å². The maximum Gasteiger partial charge on any atom is 0.386 e. The second kappa shape index (κ2) is 5.96. The Hall–Kier alpha value is -1.79. The molecule has 0 atom stereocenters. The van der Waals surface area contributed by atoms with Crippen LogP contribution in [-0.2, 0) is 5.11 Å². The number of hydrogen-bond donors (Lipinski definition) is 0. The van der Waals surface area contributed by atoms with Crippen LogP contribution in [0.4, 0.5) is 0 Å². The average Bonchev–Trinajstić information content (AvgIpc) is 2.07. The van der Waals surface area contributed by atoms with Gasteiger partial charge in [-0.15, -0.1) is 5.73 Å². The van der Waals surface area contributed by atoms with E-state index in [1.807, 2.05) is 0 Å². The van der Waals surface area contributed by atoms with Gasteiger partial charge in [-0.2, -0.15) is 0 Å². The highest BCUT2D eigenvalue weighted by molar-refractivity contribution is 5.86. The summed E-state index contributed by atoms with van der Waals surface area (Å²) in [5, 5.41) is 10.1. The Morgan fingerprint density at radius 3 is 1.83 bits per heavy atom. The molecule has 0 saturated heterocycles. The van der Waals surface area contributed by atoms with Crippen molar-refractivity contribution in [3.8, 4) is 0 Å². The lowest BCUT2D eigenvalue weighted by Crippen LogP contribution is -1.91. The molecule has 12 heavy (non-hydrogen) atoms. The zero-order chi connectivity index (χ0) is 9.40. The van der Waals surface area contributed by atoms with Gasteiger partial charge in [-0.3, -0.25) is 0 Å². The SMILES string of the molecule is C=C=C.[O]C(=O)c1ccccc1. The topological polar surface area (TPSA) is 37.0 Å². The van der Waals surface area contributed by atoms with Crippen LogP contribution >= 0.6 is 0 Å². The van der Waals surface area contributed by atoms with E-state index in [0.29, 0.717) is 0 Å². The van der Waals surface area contributed by atoms with Gasteiger partial charge >= 0.3 is 5.97 Å². The summed E-state index contributed by atoms with van der Waals surface area (Å²) in [4.78, 5) is 10.1. The van der Waals surface area contributed by atoms with Crippen LogP contribution in [0.3, 0.4) is 0 Å². The Bertz CT molecular complexity index is 269. The largest absolute Gasteiger partial charge is 0.386 e. The van der Waals surface area contributed by atoms with Crippen molar-refractivity contribution in [1.82, 2.24) is 0 Å². The molecule has 1 aromatic carbocycles. The van der Waals surface area contributed by atoms with Crippen LogP contribution in [0, 0.1) is 0 Å². The van der Waals surface area contributed by atoms with E-state index >= 15 is 0 Å². The summed E-state index contributed by atoms with van der Waals surface area (Å²) in [6, 6.07) is 8.06. The standard InChI is InChI=1S/C7H5O2.C3H4/c8-7(9)6-4-2-1-3-5-6;1-3-2/h1-5H;1-2H2. The van der Waals surface area contributed by atoms with Gasteiger partial charge in [0.1, 0.15) is 0 Å². The van der Waals surface area contributed by atoms with E-state index in [2.05, 4.69) is 18.9 Å². The van der Waals surface area contributed by atoms with Gasteiger partial charge in [-0.25, -0.2) is 9.90 Å². The fourth-order valence-electron chi connectivity index (χ4n) is 0.574. The third-order valence-corrected chi connectivity index (χ3v) is 1.01. The van der Waals surface area contributed by atoms with Crippen molar-refractivity contribution in [2.75, 3.05) is 0 Å². The van der Waals surface area contributed by atoms with Crippen LogP contribution in [0.5, 0.6) is 0 Å². The van der Waals surface area contributed by atoms with Crippen molar-refractivity contribution in [3.63, 3.8) is 0 Å². The molecule has 1 radical (unpaired) electrons. The van der Waals surface area contributed by atoms with E-state index < -0.39 is 5.97 Å². The van der Waals surface area contributed by atoms with E-state index in [1.165, 1.54) is 12.1 Å². The first kappa shape index (κ1) is 10.2. The highest BCUT2D eigenvalue weighted by Gasteiger charge is 1.99. The van der Waals surface area contributed by atoms with Crippen molar-refractivity contribution in [3.05, 3.63) is 54.8 Å². The molecule has 61 valence electrons. The predicted octanol–water partition coefficient (Wildman–Crippen LogP) is 2.21. The van der Waals surface area contributed by atoms with E-state index in [-0.39, 0.29) is 5.56 Å². The third kappa shape index (κ3) is 4.09. The molecule has 0 saturated carbocycles. The van der Waals surface area contributed by atoms with Crippen molar-refractivity contribution >= 4 is 5.97 Å². The molecule has 0 heterocycles. The fraction of sp³-hybridized carbons (Fsp3) is 0. The Balaban J connectivity index is 0.000000354. The fourth-order valence-corrected chi connectivity index (χ4v) is 0.574. The highest BCUT2D eigenvalue weighted by atomic mass is 16.4. The van der Waals surface area contributed by atoms with Crippen molar-refractivity contribution in [2.24, 2.45) is 0 Å². The van der Waals surface area contributed by atoms with Gasteiger partial charge in [0.15, 0.2) is 0 Å². The molecule has 0 aromatic heterocycles. The smallest absolute Gasteiger partial charge is 0.242 e. The molecule has 0 unspecified atom stereocenters. The second-order valence-electron chi connectivity index (χ2n) is 1.90. The molecule has 0 amide bonds. The second-order valence-corrected chi connectivity index (χ2v) is 1.90. The lowest BCUT2D eigenvalue weighted by Gasteiger charge is -1.85.